The zero-order valence-electron chi connectivity index (χ0n) is 19.9. The standard InChI is InChI=1S/C27H22BrClN2O5S/c1-3-35-22-12-17(11-19(28)24(22)36-14-16-6-4-7-18(10-16)26(33)34)13-23-25(32)31-27(37-23)30-21-9-5-8-20(29)15(21)2/h4-13H,3,14H2,1-2H3,(H,33,34)(H,30,31,32)/b23-13+. The fourth-order valence-electron chi connectivity index (χ4n) is 3.48. The predicted molar refractivity (Wildman–Crippen MR) is 150 cm³/mol. The molecule has 0 saturated carbocycles. The van der Waals surface area contributed by atoms with Crippen molar-refractivity contribution in [3.63, 3.8) is 0 Å². The molecule has 4 rings (SSSR count). The number of aliphatic imine (C=N–C) groups is 1. The van der Waals surface area contributed by atoms with E-state index >= 15 is 0 Å². The SMILES string of the molecule is CCOc1cc(/C=C2/SC(=Nc3cccc(Cl)c3C)NC2=O)cc(Br)c1OCc1cccc(C(=O)O)c1. The van der Waals surface area contributed by atoms with E-state index in [2.05, 4.69) is 26.2 Å². The van der Waals surface area contributed by atoms with Crippen molar-refractivity contribution in [1.82, 2.24) is 5.32 Å². The molecular weight excluding hydrogens is 580 g/mol. The van der Waals surface area contributed by atoms with E-state index in [1.165, 1.54) is 17.8 Å². The van der Waals surface area contributed by atoms with Gasteiger partial charge in [0.15, 0.2) is 16.7 Å². The molecule has 3 aromatic rings. The number of halogens is 2. The number of carbonyl (C=O) groups is 2. The quantitative estimate of drug-likeness (QED) is 0.271. The molecule has 190 valence electrons. The highest BCUT2D eigenvalue weighted by molar-refractivity contribution is 9.10. The van der Waals surface area contributed by atoms with Crippen LogP contribution in [0.4, 0.5) is 5.69 Å². The fourth-order valence-corrected chi connectivity index (χ4v) is 5.06. The van der Waals surface area contributed by atoms with E-state index < -0.39 is 5.97 Å². The number of carboxylic acid groups (broad SMARTS) is 1. The van der Waals surface area contributed by atoms with Crippen LogP contribution >= 0.6 is 39.3 Å². The molecule has 2 N–H and O–H groups in total. The highest BCUT2D eigenvalue weighted by Gasteiger charge is 2.24. The van der Waals surface area contributed by atoms with Crippen molar-refractivity contribution in [3.05, 3.63) is 91.3 Å². The molecule has 1 fully saturated rings. The number of thioether (sulfide) groups is 1. The zero-order chi connectivity index (χ0) is 26.5. The Kier molecular flexibility index (Phi) is 8.58. The lowest BCUT2D eigenvalue weighted by Gasteiger charge is -2.15. The molecule has 0 aromatic heterocycles. The second-order valence-electron chi connectivity index (χ2n) is 7.92. The minimum absolute atomic E-state index is 0.154. The van der Waals surface area contributed by atoms with Crippen LogP contribution in [0.3, 0.4) is 0 Å². The number of hydrogen-bond donors (Lipinski definition) is 2. The largest absolute Gasteiger partial charge is 0.490 e. The average molecular weight is 602 g/mol. The highest BCUT2D eigenvalue weighted by atomic mass is 79.9. The van der Waals surface area contributed by atoms with Crippen LogP contribution < -0.4 is 14.8 Å². The first-order chi connectivity index (χ1) is 17.7. The first-order valence-corrected chi connectivity index (χ1v) is 13.2. The molecule has 3 aromatic carbocycles. The van der Waals surface area contributed by atoms with Gasteiger partial charge in [-0.3, -0.25) is 4.79 Å². The van der Waals surface area contributed by atoms with Crippen LogP contribution in [-0.4, -0.2) is 28.8 Å². The van der Waals surface area contributed by atoms with Crippen molar-refractivity contribution in [1.29, 1.82) is 0 Å². The van der Waals surface area contributed by atoms with Gasteiger partial charge < -0.3 is 19.9 Å². The Morgan fingerprint density at radius 3 is 2.73 bits per heavy atom. The smallest absolute Gasteiger partial charge is 0.335 e. The van der Waals surface area contributed by atoms with Crippen LogP contribution in [-0.2, 0) is 11.4 Å². The van der Waals surface area contributed by atoms with Gasteiger partial charge in [-0.25, -0.2) is 9.79 Å². The van der Waals surface area contributed by atoms with E-state index in [1.807, 2.05) is 32.0 Å². The number of carboxylic acids is 1. The van der Waals surface area contributed by atoms with Gasteiger partial charge in [-0.15, -0.1) is 0 Å². The summed E-state index contributed by atoms with van der Waals surface area (Å²) in [6.45, 7) is 4.29. The van der Waals surface area contributed by atoms with Crippen molar-refractivity contribution < 1.29 is 24.2 Å². The van der Waals surface area contributed by atoms with Gasteiger partial charge in [-0.2, -0.15) is 0 Å². The summed E-state index contributed by atoms with van der Waals surface area (Å²) < 4.78 is 12.4. The van der Waals surface area contributed by atoms with E-state index in [-0.39, 0.29) is 18.1 Å². The lowest BCUT2D eigenvalue weighted by molar-refractivity contribution is -0.115. The molecule has 10 heteroatoms. The Labute approximate surface area is 231 Å². The van der Waals surface area contributed by atoms with Gasteiger partial charge in [0.25, 0.3) is 5.91 Å². The summed E-state index contributed by atoms with van der Waals surface area (Å²) in [6.07, 6.45) is 1.75. The predicted octanol–water partition coefficient (Wildman–Crippen LogP) is 6.98. The van der Waals surface area contributed by atoms with Crippen LogP contribution in [0, 0.1) is 6.92 Å². The molecule has 0 unspecified atom stereocenters. The van der Waals surface area contributed by atoms with Crippen LogP contribution in [0.15, 0.2) is 69.0 Å². The number of amidine groups is 1. The summed E-state index contributed by atoms with van der Waals surface area (Å²) >= 11 is 11.0. The maximum absolute atomic E-state index is 12.6. The Hall–Kier alpha value is -3.27. The molecule has 1 aliphatic heterocycles. The Bertz CT molecular complexity index is 1440. The van der Waals surface area contributed by atoms with Crippen molar-refractivity contribution in [3.8, 4) is 11.5 Å². The molecule has 1 saturated heterocycles. The molecule has 0 atom stereocenters. The third kappa shape index (κ3) is 6.54. The number of nitrogens with one attached hydrogen (secondary N) is 1. The number of amides is 1. The third-order valence-electron chi connectivity index (χ3n) is 5.30. The third-order valence-corrected chi connectivity index (χ3v) is 7.21. The number of hydrogen-bond acceptors (Lipinski definition) is 6. The lowest BCUT2D eigenvalue weighted by atomic mass is 10.1. The fraction of sp³-hybridized carbons (Fsp3) is 0.148. The molecule has 0 spiro atoms. The molecule has 1 amide bonds. The van der Waals surface area contributed by atoms with E-state index in [0.29, 0.717) is 48.9 Å². The second kappa shape index (κ2) is 11.9. The van der Waals surface area contributed by atoms with Crippen molar-refractivity contribution in [2.24, 2.45) is 4.99 Å². The summed E-state index contributed by atoms with van der Waals surface area (Å²) in [5.74, 6) is -0.284. The zero-order valence-corrected chi connectivity index (χ0v) is 23.0. The summed E-state index contributed by atoms with van der Waals surface area (Å²) in [6, 6.07) is 15.6. The lowest BCUT2D eigenvalue weighted by Crippen LogP contribution is -2.19. The van der Waals surface area contributed by atoms with Gasteiger partial charge in [-0.1, -0.05) is 29.8 Å². The highest BCUT2D eigenvalue weighted by Crippen LogP contribution is 2.39. The molecule has 0 aliphatic carbocycles. The van der Waals surface area contributed by atoms with Gasteiger partial charge in [0, 0.05) is 5.02 Å². The molecular formula is C27H22BrClN2O5S. The number of ether oxygens (including phenoxy) is 2. The maximum Gasteiger partial charge on any atom is 0.335 e. The average Bonchev–Trinajstić information content (AvgIpc) is 3.20. The van der Waals surface area contributed by atoms with E-state index in [4.69, 9.17) is 21.1 Å². The topological polar surface area (TPSA) is 97.2 Å². The molecule has 7 nitrogen and oxygen atoms in total. The van der Waals surface area contributed by atoms with E-state index in [1.54, 1.807) is 36.4 Å². The van der Waals surface area contributed by atoms with E-state index in [9.17, 15) is 14.7 Å². The Morgan fingerprint density at radius 1 is 1.19 bits per heavy atom. The van der Waals surface area contributed by atoms with Crippen molar-refractivity contribution in [2.75, 3.05) is 6.61 Å². The summed E-state index contributed by atoms with van der Waals surface area (Å²) in [4.78, 5) is 28.9. The van der Waals surface area contributed by atoms with Crippen LogP contribution in [0.2, 0.25) is 5.02 Å². The van der Waals surface area contributed by atoms with Gasteiger partial charge in [-0.05, 0) is 101 Å². The Balaban J connectivity index is 1.57. The summed E-state index contributed by atoms with van der Waals surface area (Å²) in [7, 11) is 0. The van der Waals surface area contributed by atoms with Gasteiger partial charge in [0.2, 0.25) is 0 Å². The maximum atomic E-state index is 12.6. The number of nitrogens with zero attached hydrogens (tertiary/aromatic N) is 1. The van der Waals surface area contributed by atoms with Crippen molar-refractivity contribution in [2.45, 2.75) is 20.5 Å². The molecule has 37 heavy (non-hydrogen) atoms. The van der Waals surface area contributed by atoms with Crippen LogP contribution in [0.5, 0.6) is 11.5 Å². The number of benzene rings is 3. The number of carbonyl (C=O) groups excluding carboxylic acids is 1. The molecule has 0 bridgehead atoms. The number of rotatable bonds is 8. The molecule has 1 heterocycles. The van der Waals surface area contributed by atoms with Crippen LogP contribution in [0.1, 0.15) is 34.0 Å². The van der Waals surface area contributed by atoms with Gasteiger partial charge in [0.05, 0.1) is 27.2 Å². The minimum Gasteiger partial charge on any atom is -0.490 e. The van der Waals surface area contributed by atoms with Gasteiger partial charge in [0.1, 0.15) is 6.61 Å². The molecule has 1 aliphatic rings. The van der Waals surface area contributed by atoms with E-state index in [0.717, 1.165) is 11.1 Å². The monoisotopic (exact) mass is 600 g/mol. The first-order valence-electron chi connectivity index (χ1n) is 11.2. The normalized spacial score (nSPS) is 15.2. The van der Waals surface area contributed by atoms with Crippen LogP contribution in [0.25, 0.3) is 6.08 Å². The molecule has 0 radical (unpaired) electrons. The summed E-state index contributed by atoms with van der Waals surface area (Å²) in [5, 5.41) is 13.1. The number of aromatic carboxylic acids is 1. The summed E-state index contributed by atoms with van der Waals surface area (Å²) in [5.41, 5.74) is 3.15. The minimum atomic E-state index is -1.000. The van der Waals surface area contributed by atoms with Gasteiger partial charge >= 0.3 is 5.97 Å². The van der Waals surface area contributed by atoms with Crippen molar-refractivity contribution >= 4 is 68.1 Å². The first kappa shape index (κ1) is 26.8. The Morgan fingerprint density at radius 2 is 1.97 bits per heavy atom. The second-order valence-corrected chi connectivity index (χ2v) is 10.2.